The molecule has 1 aliphatic rings. The Labute approximate surface area is 143 Å². The first-order valence-electron chi connectivity index (χ1n) is 8.20. The predicted molar refractivity (Wildman–Crippen MR) is 93.8 cm³/mol. The molecule has 6 nitrogen and oxygen atoms in total. The molecular formula is C18H24N4O2. The van der Waals surface area contributed by atoms with Crippen LogP contribution < -0.4 is 10.2 Å². The Bertz CT molecular complexity index is 586. The van der Waals surface area contributed by atoms with E-state index in [-0.39, 0.29) is 18.7 Å². The van der Waals surface area contributed by atoms with Crippen molar-refractivity contribution in [3.63, 3.8) is 0 Å². The number of nitriles is 1. The Morgan fingerprint density at radius 2 is 2.08 bits per heavy atom. The van der Waals surface area contributed by atoms with E-state index in [0.29, 0.717) is 18.7 Å². The molecule has 0 aromatic heterocycles. The Morgan fingerprint density at radius 1 is 1.42 bits per heavy atom. The van der Waals surface area contributed by atoms with E-state index >= 15 is 0 Å². The van der Waals surface area contributed by atoms with Crippen LogP contribution in [0, 0.1) is 11.3 Å². The number of anilines is 1. The molecule has 1 heterocycles. The third-order valence-corrected chi connectivity index (χ3v) is 4.19. The van der Waals surface area contributed by atoms with Crippen molar-refractivity contribution in [2.24, 2.45) is 0 Å². The van der Waals surface area contributed by atoms with Gasteiger partial charge in [0, 0.05) is 37.9 Å². The first kappa shape index (κ1) is 17.8. The summed E-state index contributed by atoms with van der Waals surface area (Å²) in [4.78, 5) is 16.0. The zero-order valence-electron chi connectivity index (χ0n) is 13.8. The second-order valence-electron chi connectivity index (χ2n) is 5.83. The van der Waals surface area contributed by atoms with Gasteiger partial charge in [-0.1, -0.05) is 6.08 Å². The Morgan fingerprint density at radius 3 is 2.62 bits per heavy atom. The van der Waals surface area contributed by atoms with Gasteiger partial charge in [0.1, 0.15) is 0 Å². The third-order valence-electron chi connectivity index (χ3n) is 4.19. The molecule has 2 N–H and O–H groups in total. The lowest BCUT2D eigenvalue weighted by Gasteiger charge is -2.35. The molecule has 1 aromatic rings. The summed E-state index contributed by atoms with van der Waals surface area (Å²) in [6, 6.07) is 9.68. The number of aliphatic hydroxyl groups is 1. The highest BCUT2D eigenvalue weighted by Crippen LogP contribution is 2.20. The van der Waals surface area contributed by atoms with Gasteiger partial charge in [0.05, 0.1) is 18.2 Å². The van der Waals surface area contributed by atoms with Crippen molar-refractivity contribution < 1.29 is 9.90 Å². The molecule has 0 radical (unpaired) electrons. The zero-order chi connectivity index (χ0) is 17.4. The second-order valence-corrected chi connectivity index (χ2v) is 5.83. The zero-order valence-corrected chi connectivity index (χ0v) is 13.8. The Balaban J connectivity index is 1.84. The predicted octanol–water partition coefficient (Wildman–Crippen LogP) is 1.72. The highest BCUT2D eigenvalue weighted by molar-refractivity contribution is 5.74. The van der Waals surface area contributed by atoms with Gasteiger partial charge in [-0.05, 0) is 37.1 Å². The number of benzene rings is 1. The van der Waals surface area contributed by atoms with Gasteiger partial charge in [0.25, 0.3) is 0 Å². The molecule has 2 rings (SSSR count). The number of piperidine rings is 1. The highest BCUT2D eigenvalue weighted by Gasteiger charge is 2.22. The van der Waals surface area contributed by atoms with Crippen LogP contribution in [0.3, 0.4) is 0 Å². The van der Waals surface area contributed by atoms with Gasteiger partial charge in [-0.15, -0.1) is 6.58 Å². The van der Waals surface area contributed by atoms with Crippen LogP contribution in [0.4, 0.5) is 10.5 Å². The van der Waals surface area contributed by atoms with E-state index < -0.39 is 0 Å². The maximum atomic E-state index is 12.2. The largest absolute Gasteiger partial charge is 0.395 e. The van der Waals surface area contributed by atoms with Crippen LogP contribution in [-0.4, -0.2) is 54.9 Å². The summed E-state index contributed by atoms with van der Waals surface area (Å²) in [7, 11) is 0. The number of rotatable bonds is 6. The summed E-state index contributed by atoms with van der Waals surface area (Å²) in [5.41, 5.74) is 1.76. The van der Waals surface area contributed by atoms with E-state index in [2.05, 4.69) is 22.9 Å². The van der Waals surface area contributed by atoms with Crippen LogP contribution >= 0.6 is 0 Å². The number of carbonyl (C=O) groups excluding carboxylic acids is 1. The minimum Gasteiger partial charge on any atom is -0.395 e. The van der Waals surface area contributed by atoms with E-state index in [1.165, 1.54) is 0 Å². The number of nitrogens with zero attached hydrogens (tertiary/aromatic N) is 3. The number of hydrogen-bond donors (Lipinski definition) is 2. The van der Waals surface area contributed by atoms with Crippen molar-refractivity contribution >= 4 is 11.7 Å². The molecule has 0 atom stereocenters. The third kappa shape index (κ3) is 4.74. The molecule has 0 unspecified atom stereocenters. The van der Waals surface area contributed by atoms with Gasteiger partial charge in [-0.25, -0.2) is 4.79 Å². The van der Waals surface area contributed by atoms with Gasteiger partial charge in [0.15, 0.2) is 0 Å². The summed E-state index contributed by atoms with van der Waals surface area (Å²) in [5.74, 6) is 0. The summed E-state index contributed by atoms with van der Waals surface area (Å²) in [5, 5.41) is 20.9. The lowest BCUT2D eigenvalue weighted by atomic mass is 10.0. The molecule has 1 saturated heterocycles. The van der Waals surface area contributed by atoms with E-state index in [9.17, 15) is 4.79 Å². The molecule has 0 saturated carbocycles. The van der Waals surface area contributed by atoms with Crippen LogP contribution in [-0.2, 0) is 0 Å². The number of urea groups is 1. The topological polar surface area (TPSA) is 79.6 Å². The SMILES string of the molecule is C=CCN(CCO)C(=O)NC1CCN(c2ccc(C#N)cc2)CC1. The fourth-order valence-electron chi connectivity index (χ4n) is 2.85. The number of nitrogens with one attached hydrogen (secondary N) is 1. The monoisotopic (exact) mass is 328 g/mol. The van der Waals surface area contributed by atoms with Gasteiger partial charge < -0.3 is 20.2 Å². The molecule has 0 spiro atoms. The molecule has 1 aliphatic heterocycles. The maximum absolute atomic E-state index is 12.2. The lowest BCUT2D eigenvalue weighted by Crippen LogP contribution is -2.50. The van der Waals surface area contributed by atoms with Crippen LogP contribution in [0.5, 0.6) is 0 Å². The van der Waals surface area contributed by atoms with Crippen LogP contribution in [0.25, 0.3) is 0 Å². The standard InChI is InChI=1S/C18H24N4O2/c1-2-9-22(12-13-23)18(24)20-16-7-10-21(11-8-16)17-5-3-15(14-19)4-6-17/h2-6,16,23H,1,7-13H2,(H,20,24). The molecule has 0 bridgehead atoms. The van der Waals surface area contributed by atoms with Crippen molar-refractivity contribution in [3.05, 3.63) is 42.5 Å². The summed E-state index contributed by atoms with van der Waals surface area (Å²) in [6.45, 7) is 6.03. The van der Waals surface area contributed by atoms with Crippen molar-refractivity contribution in [3.8, 4) is 6.07 Å². The fourth-order valence-corrected chi connectivity index (χ4v) is 2.85. The van der Waals surface area contributed by atoms with E-state index in [4.69, 9.17) is 10.4 Å². The van der Waals surface area contributed by atoms with Crippen molar-refractivity contribution in [1.29, 1.82) is 5.26 Å². The Kier molecular flexibility index (Phi) is 6.64. The number of carbonyl (C=O) groups is 1. The number of amides is 2. The highest BCUT2D eigenvalue weighted by atomic mass is 16.3. The fraction of sp³-hybridized carbons (Fsp3) is 0.444. The quantitative estimate of drug-likeness (QED) is 0.779. The van der Waals surface area contributed by atoms with E-state index in [1.807, 2.05) is 24.3 Å². The maximum Gasteiger partial charge on any atom is 0.317 e. The molecule has 2 amide bonds. The summed E-state index contributed by atoms with van der Waals surface area (Å²) >= 11 is 0. The molecule has 0 aliphatic carbocycles. The van der Waals surface area contributed by atoms with Gasteiger partial charge in [-0.2, -0.15) is 5.26 Å². The van der Waals surface area contributed by atoms with Gasteiger partial charge in [0.2, 0.25) is 0 Å². The van der Waals surface area contributed by atoms with Crippen molar-refractivity contribution in [2.75, 3.05) is 37.7 Å². The van der Waals surface area contributed by atoms with E-state index in [0.717, 1.165) is 31.6 Å². The van der Waals surface area contributed by atoms with Crippen molar-refractivity contribution in [2.45, 2.75) is 18.9 Å². The van der Waals surface area contributed by atoms with Gasteiger partial charge in [-0.3, -0.25) is 0 Å². The Hall–Kier alpha value is -2.52. The molecule has 24 heavy (non-hydrogen) atoms. The molecule has 6 heteroatoms. The molecular weight excluding hydrogens is 304 g/mol. The lowest BCUT2D eigenvalue weighted by molar-refractivity contribution is 0.178. The molecule has 1 aromatic carbocycles. The van der Waals surface area contributed by atoms with Gasteiger partial charge >= 0.3 is 6.03 Å². The normalized spacial score (nSPS) is 14.8. The molecule has 1 fully saturated rings. The minimum absolute atomic E-state index is 0.0571. The smallest absolute Gasteiger partial charge is 0.317 e. The second kappa shape index (κ2) is 8.94. The van der Waals surface area contributed by atoms with Crippen molar-refractivity contribution in [1.82, 2.24) is 10.2 Å². The van der Waals surface area contributed by atoms with Crippen LogP contribution in [0.1, 0.15) is 18.4 Å². The van der Waals surface area contributed by atoms with E-state index in [1.54, 1.807) is 11.0 Å². The average molecular weight is 328 g/mol. The minimum atomic E-state index is -0.152. The number of hydrogen-bond acceptors (Lipinski definition) is 4. The average Bonchev–Trinajstić information content (AvgIpc) is 2.62. The first-order valence-corrected chi connectivity index (χ1v) is 8.20. The van der Waals surface area contributed by atoms with Crippen LogP contribution in [0.2, 0.25) is 0 Å². The first-order chi connectivity index (χ1) is 11.7. The van der Waals surface area contributed by atoms with Crippen LogP contribution in [0.15, 0.2) is 36.9 Å². The number of aliphatic hydroxyl groups excluding tert-OH is 1. The summed E-state index contributed by atoms with van der Waals surface area (Å²) < 4.78 is 0. The summed E-state index contributed by atoms with van der Waals surface area (Å²) in [6.07, 6.45) is 3.39. The molecule has 128 valence electrons.